The number of anilines is 1. The maximum absolute atomic E-state index is 13.6. The molecule has 6 nitrogen and oxygen atoms in total. The van der Waals surface area contributed by atoms with E-state index in [4.69, 9.17) is 4.42 Å². The van der Waals surface area contributed by atoms with Crippen molar-refractivity contribution in [2.45, 2.75) is 0 Å². The van der Waals surface area contributed by atoms with Gasteiger partial charge in [-0.1, -0.05) is 23.5 Å². The van der Waals surface area contributed by atoms with Crippen LogP contribution in [0.25, 0.3) is 21.2 Å². The summed E-state index contributed by atoms with van der Waals surface area (Å²) in [4.78, 5) is 30.8. The molecule has 0 aliphatic carbocycles. The fraction of sp³-hybridized carbons (Fsp3) is 0. The van der Waals surface area contributed by atoms with Gasteiger partial charge in [-0.25, -0.2) is 9.37 Å². The van der Waals surface area contributed by atoms with E-state index in [1.807, 2.05) is 0 Å². The molecular weight excluding hydrogens is 517 g/mol. The van der Waals surface area contributed by atoms with Crippen LogP contribution in [0.4, 0.5) is 9.52 Å². The lowest BCUT2D eigenvalue weighted by Crippen LogP contribution is -2.25. The number of hydrazone groups is 1. The first-order valence-corrected chi connectivity index (χ1v) is 11.6. The van der Waals surface area contributed by atoms with E-state index in [2.05, 4.69) is 26.0 Å². The molecule has 0 unspecified atom stereocenters. The summed E-state index contributed by atoms with van der Waals surface area (Å²) in [5.41, 5.74) is 0.908. The summed E-state index contributed by atoms with van der Waals surface area (Å²) in [6.07, 6.45) is 2.57. The molecule has 3 aromatic heterocycles. The summed E-state index contributed by atoms with van der Waals surface area (Å²) in [7, 11) is 0. The number of hydrogen-bond donors (Lipinski definition) is 0. The number of amides is 1. The smallest absolute Gasteiger partial charge is 0.290 e. The number of halogens is 2. The Kier molecular flexibility index (Phi) is 5.41. The van der Waals surface area contributed by atoms with Gasteiger partial charge in [0.2, 0.25) is 10.6 Å². The third-order valence-corrected chi connectivity index (χ3v) is 7.12. The Morgan fingerprint density at radius 2 is 2.00 bits per heavy atom. The molecule has 5 aromatic rings. The Hall–Kier alpha value is -3.21. The van der Waals surface area contributed by atoms with Crippen LogP contribution in [0.5, 0.6) is 0 Å². The van der Waals surface area contributed by atoms with Gasteiger partial charge in [-0.3, -0.25) is 9.59 Å². The first kappa shape index (κ1) is 20.7. The number of aromatic nitrogens is 1. The number of para-hydroxylation sites is 1. The van der Waals surface area contributed by atoms with E-state index in [1.54, 1.807) is 36.4 Å². The number of carbonyl (C=O) groups is 1. The Labute approximate surface area is 196 Å². The Morgan fingerprint density at radius 1 is 1.16 bits per heavy atom. The van der Waals surface area contributed by atoms with E-state index in [9.17, 15) is 14.0 Å². The molecule has 0 fully saturated rings. The lowest BCUT2D eigenvalue weighted by molar-refractivity contribution is 0.0991. The van der Waals surface area contributed by atoms with E-state index in [-0.39, 0.29) is 16.1 Å². The molecule has 0 spiro atoms. The number of carbonyl (C=O) groups excluding carboxylic acids is 1. The summed E-state index contributed by atoms with van der Waals surface area (Å²) < 4.78 is 20.5. The molecular formula is C22H11BrFN3O3S2. The lowest BCUT2D eigenvalue weighted by atomic mass is 10.2. The number of thiazole rings is 1. The van der Waals surface area contributed by atoms with Crippen LogP contribution in [-0.2, 0) is 0 Å². The average Bonchev–Trinajstić information content (AvgIpc) is 3.41. The van der Waals surface area contributed by atoms with Crippen LogP contribution in [-0.4, -0.2) is 17.1 Å². The minimum absolute atomic E-state index is 0.181. The summed E-state index contributed by atoms with van der Waals surface area (Å²) in [6, 6.07) is 14.5. The molecule has 10 heteroatoms. The summed E-state index contributed by atoms with van der Waals surface area (Å²) in [5, 5.41) is 6.05. The van der Waals surface area contributed by atoms with Crippen LogP contribution >= 0.6 is 38.6 Å². The van der Waals surface area contributed by atoms with Gasteiger partial charge < -0.3 is 4.42 Å². The average molecular weight is 528 g/mol. The quantitative estimate of drug-likeness (QED) is 0.210. The van der Waals surface area contributed by atoms with Gasteiger partial charge in [0.15, 0.2) is 0 Å². The van der Waals surface area contributed by atoms with E-state index < -0.39 is 11.7 Å². The zero-order valence-corrected chi connectivity index (χ0v) is 19.2. The van der Waals surface area contributed by atoms with Crippen LogP contribution in [0.2, 0.25) is 0 Å². The van der Waals surface area contributed by atoms with Crippen LogP contribution in [0.15, 0.2) is 79.0 Å². The van der Waals surface area contributed by atoms with E-state index in [0.717, 1.165) is 20.1 Å². The molecule has 0 radical (unpaired) electrons. The van der Waals surface area contributed by atoms with Crippen molar-refractivity contribution in [2.24, 2.45) is 5.10 Å². The molecule has 0 bridgehead atoms. The van der Waals surface area contributed by atoms with Crippen LogP contribution < -0.4 is 10.4 Å². The van der Waals surface area contributed by atoms with E-state index >= 15 is 0 Å². The standard InChI is InChI=1S/C22H11BrFN3O3S2/c23-19-8-7-17(31-19)21(29)27(22-26-15-6-5-13(24)9-18(15)32-22)25-10-12-11-30-16-4-2-1-3-14(16)20(12)28/h1-11H/b25-10+. The van der Waals surface area contributed by atoms with Gasteiger partial charge in [0.1, 0.15) is 17.7 Å². The van der Waals surface area contributed by atoms with Crippen LogP contribution in [0, 0.1) is 5.82 Å². The number of hydrogen-bond acceptors (Lipinski definition) is 7. The van der Waals surface area contributed by atoms with Crippen molar-refractivity contribution in [1.82, 2.24) is 4.98 Å². The van der Waals surface area contributed by atoms with Crippen LogP contribution in [0.1, 0.15) is 15.2 Å². The largest absolute Gasteiger partial charge is 0.463 e. The molecule has 0 saturated heterocycles. The molecule has 0 atom stereocenters. The minimum atomic E-state index is -0.429. The van der Waals surface area contributed by atoms with Crippen molar-refractivity contribution in [3.05, 3.63) is 91.1 Å². The van der Waals surface area contributed by atoms with Gasteiger partial charge in [-0.2, -0.15) is 10.1 Å². The SMILES string of the molecule is O=C(c1ccc(Br)s1)N(/N=C/c1coc2ccccc2c1=O)c1nc2ccc(F)cc2s1. The molecule has 0 aliphatic heterocycles. The fourth-order valence-electron chi connectivity index (χ4n) is 3.00. The zero-order valence-electron chi connectivity index (χ0n) is 16.0. The monoisotopic (exact) mass is 527 g/mol. The summed E-state index contributed by atoms with van der Waals surface area (Å²) in [6.45, 7) is 0. The first-order valence-electron chi connectivity index (χ1n) is 9.20. The second-order valence-electron chi connectivity index (χ2n) is 6.59. The molecule has 1 amide bonds. The van der Waals surface area contributed by atoms with Crippen molar-refractivity contribution < 1.29 is 13.6 Å². The summed E-state index contributed by atoms with van der Waals surface area (Å²) in [5.74, 6) is -0.827. The first-order chi connectivity index (χ1) is 15.5. The lowest BCUT2D eigenvalue weighted by Gasteiger charge is -2.12. The number of nitrogens with zero attached hydrogens (tertiary/aromatic N) is 3. The third kappa shape index (κ3) is 3.88. The predicted octanol–water partition coefficient (Wildman–Crippen LogP) is 6.05. The van der Waals surface area contributed by atoms with Crippen LogP contribution in [0.3, 0.4) is 0 Å². The highest BCUT2D eigenvalue weighted by molar-refractivity contribution is 9.11. The minimum Gasteiger partial charge on any atom is -0.463 e. The van der Waals surface area contributed by atoms with Gasteiger partial charge >= 0.3 is 0 Å². The van der Waals surface area contributed by atoms with Crippen molar-refractivity contribution >= 4 is 77.0 Å². The highest BCUT2D eigenvalue weighted by Gasteiger charge is 2.23. The van der Waals surface area contributed by atoms with Gasteiger partial charge in [-0.15, -0.1) is 11.3 Å². The zero-order chi connectivity index (χ0) is 22.2. The van der Waals surface area contributed by atoms with Crippen molar-refractivity contribution in [2.75, 3.05) is 5.01 Å². The number of thiophene rings is 1. The van der Waals surface area contributed by atoms with Crippen molar-refractivity contribution in [3.63, 3.8) is 0 Å². The highest BCUT2D eigenvalue weighted by Crippen LogP contribution is 2.32. The molecule has 32 heavy (non-hydrogen) atoms. The highest BCUT2D eigenvalue weighted by atomic mass is 79.9. The number of fused-ring (bicyclic) bond motifs is 2. The second kappa shape index (κ2) is 8.38. The number of benzene rings is 2. The Balaban J connectivity index is 1.60. The molecule has 3 heterocycles. The summed E-state index contributed by atoms with van der Waals surface area (Å²) >= 11 is 5.72. The molecule has 0 saturated carbocycles. The van der Waals surface area contributed by atoms with Gasteiger partial charge in [0.05, 0.1) is 36.0 Å². The van der Waals surface area contributed by atoms with Gasteiger partial charge in [0, 0.05) is 0 Å². The van der Waals surface area contributed by atoms with Crippen molar-refractivity contribution in [1.29, 1.82) is 0 Å². The maximum atomic E-state index is 13.6. The maximum Gasteiger partial charge on any atom is 0.290 e. The molecule has 158 valence electrons. The molecule has 0 N–H and O–H groups in total. The third-order valence-electron chi connectivity index (χ3n) is 4.52. The van der Waals surface area contributed by atoms with E-state index in [0.29, 0.717) is 26.1 Å². The topological polar surface area (TPSA) is 75.8 Å². The Morgan fingerprint density at radius 3 is 2.81 bits per heavy atom. The predicted molar refractivity (Wildman–Crippen MR) is 128 cm³/mol. The van der Waals surface area contributed by atoms with Gasteiger partial charge in [0.25, 0.3) is 5.91 Å². The normalized spacial score (nSPS) is 11.6. The second-order valence-corrected chi connectivity index (χ2v) is 10.1. The van der Waals surface area contributed by atoms with Gasteiger partial charge in [-0.05, 0) is 58.4 Å². The van der Waals surface area contributed by atoms with Crippen molar-refractivity contribution in [3.8, 4) is 0 Å². The molecule has 2 aromatic carbocycles. The Bertz CT molecular complexity index is 1570. The van der Waals surface area contributed by atoms with E-state index in [1.165, 1.54) is 42.0 Å². The molecule has 5 rings (SSSR count). The number of rotatable bonds is 4. The molecule has 0 aliphatic rings. The fourth-order valence-corrected chi connectivity index (χ4v) is 5.26.